The molecule has 0 unspecified atom stereocenters. The van der Waals surface area contributed by atoms with Crippen molar-refractivity contribution < 1.29 is 4.79 Å². The molecule has 0 amide bonds. The number of hydrogen-bond acceptors (Lipinski definition) is 2. The predicted molar refractivity (Wildman–Crippen MR) is 67.3 cm³/mol. The van der Waals surface area contributed by atoms with Crippen molar-refractivity contribution in [2.45, 2.75) is 71.1 Å². The molecule has 0 aliphatic heterocycles. The fourth-order valence-electron chi connectivity index (χ4n) is 3.87. The van der Waals surface area contributed by atoms with E-state index in [1.807, 2.05) is 0 Å². The number of ketones is 1. The lowest BCUT2D eigenvalue weighted by Crippen LogP contribution is -2.36. The maximum atomic E-state index is 11.3. The van der Waals surface area contributed by atoms with Crippen molar-refractivity contribution in [2.75, 3.05) is 0 Å². The van der Waals surface area contributed by atoms with E-state index in [4.69, 9.17) is 0 Å². The van der Waals surface area contributed by atoms with Crippen LogP contribution < -0.4 is 0 Å². The van der Waals surface area contributed by atoms with Crippen LogP contribution in [0, 0.1) is 22.2 Å². The fourth-order valence-corrected chi connectivity index (χ4v) is 3.87. The third kappa shape index (κ3) is 2.70. The molecule has 0 aromatic rings. The molecule has 1 spiro atoms. The van der Waals surface area contributed by atoms with Gasteiger partial charge in [-0.3, -0.25) is 4.79 Å². The summed E-state index contributed by atoms with van der Waals surface area (Å²) < 4.78 is 0. The van der Waals surface area contributed by atoms with E-state index in [2.05, 4.69) is 6.07 Å². The summed E-state index contributed by atoms with van der Waals surface area (Å²) in [6, 6.07) is 2.45. The molecule has 2 nitrogen and oxygen atoms in total. The Morgan fingerprint density at radius 2 is 1.65 bits per heavy atom. The van der Waals surface area contributed by atoms with Gasteiger partial charge in [0.15, 0.2) is 0 Å². The lowest BCUT2D eigenvalue weighted by Gasteiger charge is -2.45. The van der Waals surface area contributed by atoms with Gasteiger partial charge in [0.25, 0.3) is 0 Å². The zero-order valence-electron chi connectivity index (χ0n) is 10.9. The highest BCUT2D eigenvalue weighted by molar-refractivity contribution is 5.76. The fraction of sp³-hybridized carbons (Fsp3) is 0.867. The van der Waals surface area contributed by atoms with Gasteiger partial charge >= 0.3 is 0 Å². The SMILES string of the molecule is CC(=O)CC1(C#N)CCC2(CCCCC2)CC1. The summed E-state index contributed by atoms with van der Waals surface area (Å²) >= 11 is 0. The lowest BCUT2D eigenvalue weighted by atomic mass is 9.58. The first-order valence-corrected chi connectivity index (χ1v) is 7.01. The molecule has 94 valence electrons. The van der Waals surface area contributed by atoms with Gasteiger partial charge in [-0.2, -0.15) is 5.26 Å². The van der Waals surface area contributed by atoms with Crippen molar-refractivity contribution in [3.63, 3.8) is 0 Å². The van der Waals surface area contributed by atoms with Crippen LogP contribution in [0.25, 0.3) is 0 Å². The van der Waals surface area contributed by atoms with Gasteiger partial charge in [0.1, 0.15) is 5.78 Å². The van der Waals surface area contributed by atoms with Crippen molar-refractivity contribution in [3.8, 4) is 6.07 Å². The summed E-state index contributed by atoms with van der Waals surface area (Å²) in [5.74, 6) is 0.172. The number of hydrogen-bond donors (Lipinski definition) is 0. The van der Waals surface area contributed by atoms with Crippen LogP contribution in [0.1, 0.15) is 71.1 Å². The Balaban J connectivity index is 2.00. The van der Waals surface area contributed by atoms with Crippen molar-refractivity contribution >= 4 is 5.78 Å². The second-order valence-corrected chi connectivity index (χ2v) is 6.33. The minimum atomic E-state index is -0.325. The molecule has 17 heavy (non-hydrogen) atoms. The van der Waals surface area contributed by atoms with Crippen LogP contribution in [-0.4, -0.2) is 5.78 Å². The highest BCUT2D eigenvalue weighted by Gasteiger charge is 2.43. The second-order valence-electron chi connectivity index (χ2n) is 6.33. The van der Waals surface area contributed by atoms with Gasteiger partial charge in [-0.1, -0.05) is 19.3 Å². The zero-order valence-corrected chi connectivity index (χ0v) is 10.9. The molecule has 2 aliphatic carbocycles. The maximum Gasteiger partial charge on any atom is 0.131 e. The first kappa shape index (κ1) is 12.6. The molecular formula is C15H23NO. The highest BCUT2D eigenvalue weighted by atomic mass is 16.1. The first-order chi connectivity index (χ1) is 8.10. The Morgan fingerprint density at radius 1 is 1.06 bits per heavy atom. The lowest BCUT2D eigenvalue weighted by molar-refractivity contribution is -0.119. The second kappa shape index (κ2) is 4.80. The van der Waals surface area contributed by atoms with Gasteiger partial charge in [-0.25, -0.2) is 0 Å². The summed E-state index contributed by atoms with van der Waals surface area (Å²) in [6.45, 7) is 1.62. The number of carbonyl (C=O) groups is 1. The number of rotatable bonds is 2. The minimum absolute atomic E-state index is 0.172. The molecule has 0 heterocycles. The average Bonchev–Trinajstić information content (AvgIpc) is 2.33. The molecular weight excluding hydrogens is 210 g/mol. The Morgan fingerprint density at radius 3 is 2.12 bits per heavy atom. The van der Waals surface area contributed by atoms with E-state index in [9.17, 15) is 10.1 Å². The Kier molecular flexibility index (Phi) is 3.56. The predicted octanol–water partition coefficient (Wildman–Crippen LogP) is 4.00. The van der Waals surface area contributed by atoms with Crippen LogP contribution in [0.3, 0.4) is 0 Å². The third-order valence-corrected chi connectivity index (χ3v) is 5.01. The van der Waals surface area contributed by atoms with Crippen LogP contribution >= 0.6 is 0 Å². The minimum Gasteiger partial charge on any atom is -0.300 e. The van der Waals surface area contributed by atoms with Crippen LogP contribution in [0.2, 0.25) is 0 Å². The zero-order chi connectivity index (χ0) is 12.4. The summed E-state index contributed by atoms with van der Waals surface area (Å²) in [6.07, 6.45) is 11.5. The van der Waals surface area contributed by atoms with Gasteiger partial charge in [0, 0.05) is 6.42 Å². The molecule has 0 N–H and O–H groups in total. The Labute approximate surface area is 104 Å². The average molecular weight is 233 g/mol. The Hall–Kier alpha value is -0.840. The number of Topliss-reactive ketones (excluding diaryl/α,β-unsaturated/α-hetero) is 1. The van der Waals surface area contributed by atoms with Crippen LogP contribution in [0.5, 0.6) is 0 Å². The van der Waals surface area contributed by atoms with Crippen molar-refractivity contribution in [1.82, 2.24) is 0 Å². The third-order valence-electron chi connectivity index (χ3n) is 5.01. The normalized spacial score (nSPS) is 26.4. The van der Waals surface area contributed by atoms with E-state index in [0.717, 1.165) is 12.8 Å². The number of carbonyl (C=O) groups excluding carboxylic acids is 1. The van der Waals surface area contributed by atoms with Gasteiger partial charge in [-0.05, 0) is 50.9 Å². The van der Waals surface area contributed by atoms with E-state index in [1.54, 1.807) is 6.92 Å². The largest absolute Gasteiger partial charge is 0.300 e. The number of nitrogens with zero attached hydrogens (tertiary/aromatic N) is 1. The number of nitriles is 1. The van der Waals surface area contributed by atoms with Crippen molar-refractivity contribution in [3.05, 3.63) is 0 Å². The molecule has 2 aliphatic rings. The van der Waals surface area contributed by atoms with E-state index in [0.29, 0.717) is 11.8 Å². The van der Waals surface area contributed by atoms with E-state index in [1.165, 1.54) is 44.9 Å². The van der Waals surface area contributed by atoms with Gasteiger partial charge in [0.05, 0.1) is 11.5 Å². The molecule has 0 saturated heterocycles. The van der Waals surface area contributed by atoms with E-state index >= 15 is 0 Å². The molecule has 0 radical (unpaired) electrons. The van der Waals surface area contributed by atoms with E-state index in [-0.39, 0.29) is 11.2 Å². The standard InChI is InChI=1S/C15H23NO/c1-13(17)11-15(12-16)9-7-14(8-10-15)5-3-2-4-6-14/h2-11H2,1H3. The van der Waals surface area contributed by atoms with Crippen LogP contribution in [-0.2, 0) is 4.79 Å². The van der Waals surface area contributed by atoms with E-state index < -0.39 is 0 Å². The monoisotopic (exact) mass is 233 g/mol. The molecule has 0 aromatic heterocycles. The molecule has 2 heteroatoms. The summed E-state index contributed by atoms with van der Waals surface area (Å²) in [4.78, 5) is 11.3. The molecule has 2 rings (SSSR count). The molecule has 0 aromatic carbocycles. The smallest absolute Gasteiger partial charge is 0.131 e. The maximum absolute atomic E-state index is 11.3. The summed E-state index contributed by atoms with van der Waals surface area (Å²) in [7, 11) is 0. The van der Waals surface area contributed by atoms with Gasteiger partial charge < -0.3 is 0 Å². The van der Waals surface area contributed by atoms with Crippen LogP contribution in [0.15, 0.2) is 0 Å². The van der Waals surface area contributed by atoms with Gasteiger partial charge in [-0.15, -0.1) is 0 Å². The Bertz CT molecular complexity index is 323. The summed E-state index contributed by atoms with van der Waals surface area (Å²) in [5, 5.41) is 9.37. The molecule has 2 saturated carbocycles. The summed E-state index contributed by atoms with van der Waals surface area (Å²) in [5.41, 5.74) is 0.212. The highest BCUT2D eigenvalue weighted by Crippen LogP contribution is 2.53. The molecule has 0 atom stereocenters. The quantitative estimate of drug-likeness (QED) is 0.723. The van der Waals surface area contributed by atoms with Crippen LogP contribution in [0.4, 0.5) is 0 Å². The van der Waals surface area contributed by atoms with Crippen molar-refractivity contribution in [2.24, 2.45) is 10.8 Å². The molecule has 2 fully saturated rings. The van der Waals surface area contributed by atoms with Crippen molar-refractivity contribution in [1.29, 1.82) is 5.26 Å². The van der Waals surface area contributed by atoms with Gasteiger partial charge in [0.2, 0.25) is 0 Å². The first-order valence-electron chi connectivity index (χ1n) is 7.01. The molecule has 0 bridgehead atoms. The topological polar surface area (TPSA) is 40.9 Å².